The number of hydrogen-bond acceptors (Lipinski definition) is 4. The molecular weight excluding hydrogens is 264 g/mol. The summed E-state index contributed by atoms with van der Waals surface area (Å²) in [5, 5.41) is 9.30. The molecule has 19 heavy (non-hydrogen) atoms. The number of carbonyl (C=O) groups is 2. The molecule has 1 N–H and O–H groups in total. The number of fused-ring (bicyclic) bond motifs is 1. The van der Waals surface area contributed by atoms with E-state index in [0.717, 1.165) is 5.56 Å². The number of anilines is 1. The highest BCUT2D eigenvalue weighted by molar-refractivity contribution is 7.11. The normalized spacial score (nSPS) is 17.3. The summed E-state index contributed by atoms with van der Waals surface area (Å²) in [6.45, 7) is 0. The zero-order valence-electron chi connectivity index (χ0n) is 9.81. The fourth-order valence-electron chi connectivity index (χ4n) is 2.27. The van der Waals surface area contributed by atoms with E-state index >= 15 is 0 Å². The lowest BCUT2D eigenvalue weighted by Crippen LogP contribution is -2.42. The number of carbonyl (C=O) groups excluding carboxylic acids is 1. The third-order valence-electron chi connectivity index (χ3n) is 3.12. The number of nitrogens with zero attached hydrogens (tertiary/aromatic N) is 2. The number of thiazole rings is 1. The van der Waals surface area contributed by atoms with Gasteiger partial charge in [0, 0.05) is 12.1 Å². The molecule has 1 aliphatic heterocycles. The molecule has 1 atom stereocenters. The fraction of sp³-hybridized carbons (Fsp3) is 0.154. The Morgan fingerprint density at radius 1 is 1.37 bits per heavy atom. The molecule has 0 bridgehead atoms. The SMILES string of the molecule is O=C(O)[C@@H]1Cc2ccccc2N1C(=O)c1cncs1. The van der Waals surface area contributed by atoms with Gasteiger partial charge in [0.15, 0.2) is 0 Å². The first kappa shape index (κ1) is 11.9. The van der Waals surface area contributed by atoms with Crippen molar-refractivity contribution < 1.29 is 14.7 Å². The lowest BCUT2D eigenvalue weighted by atomic mass is 10.1. The average molecular weight is 274 g/mol. The Hall–Kier alpha value is -2.21. The lowest BCUT2D eigenvalue weighted by Gasteiger charge is -2.21. The van der Waals surface area contributed by atoms with Crippen LogP contribution in [0.25, 0.3) is 0 Å². The number of carboxylic acid groups (broad SMARTS) is 1. The van der Waals surface area contributed by atoms with Gasteiger partial charge in [0.05, 0.1) is 11.7 Å². The van der Waals surface area contributed by atoms with Gasteiger partial charge < -0.3 is 5.11 Å². The van der Waals surface area contributed by atoms with E-state index in [9.17, 15) is 14.7 Å². The van der Waals surface area contributed by atoms with Crippen LogP contribution in [0.1, 0.15) is 15.2 Å². The smallest absolute Gasteiger partial charge is 0.327 e. The van der Waals surface area contributed by atoms with E-state index < -0.39 is 12.0 Å². The van der Waals surface area contributed by atoms with Gasteiger partial charge in [0.2, 0.25) is 0 Å². The minimum absolute atomic E-state index is 0.306. The second kappa shape index (κ2) is 4.47. The van der Waals surface area contributed by atoms with Crippen LogP contribution < -0.4 is 4.90 Å². The first-order valence-corrected chi connectivity index (χ1v) is 6.59. The first-order chi connectivity index (χ1) is 9.18. The third-order valence-corrected chi connectivity index (χ3v) is 3.88. The zero-order valence-corrected chi connectivity index (χ0v) is 10.6. The Morgan fingerprint density at radius 2 is 2.16 bits per heavy atom. The molecule has 1 aromatic carbocycles. The van der Waals surface area contributed by atoms with E-state index in [-0.39, 0.29) is 5.91 Å². The molecule has 1 amide bonds. The molecule has 6 heteroatoms. The summed E-state index contributed by atoms with van der Waals surface area (Å²) >= 11 is 1.21. The molecule has 1 aliphatic rings. The molecule has 0 spiro atoms. The van der Waals surface area contributed by atoms with Crippen molar-refractivity contribution in [1.29, 1.82) is 0 Å². The molecule has 0 unspecified atom stereocenters. The van der Waals surface area contributed by atoms with Crippen molar-refractivity contribution in [2.75, 3.05) is 4.90 Å². The van der Waals surface area contributed by atoms with Crippen molar-refractivity contribution in [3.8, 4) is 0 Å². The summed E-state index contributed by atoms with van der Waals surface area (Å²) < 4.78 is 0. The molecule has 96 valence electrons. The molecule has 0 radical (unpaired) electrons. The number of para-hydroxylation sites is 1. The molecule has 2 heterocycles. The highest BCUT2D eigenvalue weighted by atomic mass is 32.1. The average Bonchev–Trinajstić information content (AvgIpc) is 3.05. The zero-order chi connectivity index (χ0) is 13.4. The highest BCUT2D eigenvalue weighted by Crippen LogP contribution is 2.33. The van der Waals surface area contributed by atoms with Crippen LogP contribution in [0.4, 0.5) is 5.69 Å². The minimum Gasteiger partial charge on any atom is -0.480 e. The maximum atomic E-state index is 12.4. The van der Waals surface area contributed by atoms with Crippen LogP contribution in [-0.4, -0.2) is 28.0 Å². The van der Waals surface area contributed by atoms with Crippen LogP contribution in [0.5, 0.6) is 0 Å². The summed E-state index contributed by atoms with van der Waals surface area (Å²) in [4.78, 5) is 29.4. The quantitative estimate of drug-likeness (QED) is 0.906. The van der Waals surface area contributed by atoms with Crippen molar-refractivity contribution in [1.82, 2.24) is 4.98 Å². The van der Waals surface area contributed by atoms with E-state index in [2.05, 4.69) is 4.98 Å². The lowest BCUT2D eigenvalue weighted by molar-refractivity contribution is -0.138. The molecule has 2 aromatic rings. The molecule has 0 fully saturated rings. The molecule has 1 aromatic heterocycles. The number of benzene rings is 1. The summed E-state index contributed by atoms with van der Waals surface area (Å²) in [7, 11) is 0. The van der Waals surface area contributed by atoms with E-state index in [1.165, 1.54) is 22.4 Å². The predicted octanol–water partition coefficient (Wildman–Crippen LogP) is 1.80. The first-order valence-electron chi connectivity index (χ1n) is 5.71. The van der Waals surface area contributed by atoms with Gasteiger partial charge in [0.1, 0.15) is 10.9 Å². The van der Waals surface area contributed by atoms with Gasteiger partial charge in [-0.2, -0.15) is 0 Å². The standard InChI is InChI=1S/C13H10N2O3S/c16-12(11-6-14-7-19-11)15-9-4-2-1-3-8(9)5-10(15)13(17)18/h1-4,6-7,10H,5H2,(H,17,18)/t10-/m0/s1. The number of aromatic nitrogens is 1. The van der Waals surface area contributed by atoms with Crippen LogP contribution in [0.3, 0.4) is 0 Å². The monoisotopic (exact) mass is 274 g/mol. The molecular formula is C13H10N2O3S. The highest BCUT2D eigenvalue weighted by Gasteiger charge is 2.38. The van der Waals surface area contributed by atoms with Crippen LogP contribution in [-0.2, 0) is 11.2 Å². The third kappa shape index (κ3) is 1.90. The molecule has 3 rings (SSSR count). The van der Waals surface area contributed by atoms with Crippen molar-refractivity contribution >= 4 is 28.9 Å². The molecule has 0 saturated heterocycles. The topological polar surface area (TPSA) is 70.5 Å². The Kier molecular flexibility index (Phi) is 2.79. The Morgan fingerprint density at radius 3 is 2.84 bits per heavy atom. The summed E-state index contributed by atoms with van der Waals surface area (Å²) in [6.07, 6.45) is 1.81. The second-order valence-corrected chi connectivity index (χ2v) is 5.11. The van der Waals surface area contributed by atoms with E-state index in [0.29, 0.717) is 17.0 Å². The Labute approximate surface area is 113 Å². The van der Waals surface area contributed by atoms with Crippen LogP contribution in [0, 0.1) is 0 Å². The van der Waals surface area contributed by atoms with Gasteiger partial charge in [-0.1, -0.05) is 18.2 Å². The van der Waals surface area contributed by atoms with Crippen molar-refractivity contribution in [2.45, 2.75) is 12.5 Å². The maximum absolute atomic E-state index is 12.4. The largest absolute Gasteiger partial charge is 0.480 e. The van der Waals surface area contributed by atoms with Crippen LogP contribution >= 0.6 is 11.3 Å². The summed E-state index contributed by atoms with van der Waals surface area (Å²) in [6, 6.07) is 6.43. The van der Waals surface area contributed by atoms with E-state index in [1.807, 2.05) is 12.1 Å². The van der Waals surface area contributed by atoms with Crippen molar-refractivity contribution in [3.63, 3.8) is 0 Å². The van der Waals surface area contributed by atoms with E-state index in [4.69, 9.17) is 0 Å². The molecule has 5 nitrogen and oxygen atoms in total. The minimum atomic E-state index is -0.992. The van der Waals surface area contributed by atoms with Gasteiger partial charge >= 0.3 is 5.97 Å². The second-order valence-electron chi connectivity index (χ2n) is 4.23. The molecule has 0 aliphatic carbocycles. The van der Waals surface area contributed by atoms with Gasteiger partial charge in [-0.15, -0.1) is 11.3 Å². The summed E-state index contributed by atoms with van der Waals surface area (Å²) in [5.41, 5.74) is 3.12. The van der Waals surface area contributed by atoms with Crippen LogP contribution in [0.15, 0.2) is 36.0 Å². The predicted molar refractivity (Wildman–Crippen MR) is 70.5 cm³/mol. The van der Waals surface area contributed by atoms with Gasteiger partial charge in [0.25, 0.3) is 5.91 Å². The van der Waals surface area contributed by atoms with Gasteiger partial charge in [-0.25, -0.2) is 4.79 Å². The Bertz CT molecular complexity index is 639. The van der Waals surface area contributed by atoms with Crippen molar-refractivity contribution in [2.24, 2.45) is 0 Å². The summed E-state index contributed by atoms with van der Waals surface area (Å²) in [5.74, 6) is -1.30. The Balaban J connectivity index is 2.05. The number of aliphatic carboxylic acids is 1. The number of amides is 1. The number of hydrogen-bond donors (Lipinski definition) is 1. The fourth-order valence-corrected chi connectivity index (χ4v) is 2.83. The van der Waals surface area contributed by atoms with Gasteiger partial charge in [-0.3, -0.25) is 14.7 Å². The number of rotatable bonds is 2. The molecule has 0 saturated carbocycles. The van der Waals surface area contributed by atoms with Gasteiger partial charge in [-0.05, 0) is 11.6 Å². The van der Waals surface area contributed by atoms with Crippen LogP contribution in [0.2, 0.25) is 0 Å². The van der Waals surface area contributed by atoms with Crippen molar-refractivity contribution in [3.05, 3.63) is 46.4 Å². The van der Waals surface area contributed by atoms with E-state index in [1.54, 1.807) is 17.6 Å². The maximum Gasteiger partial charge on any atom is 0.327 e. The number of carboxylic acids is 1.